The summed E-state index contributed by atoms with van der Waals surface area (Å²) < 4.78 is 1.54. The Morgan fingerprint density at radius 2 is 1.78 bits per heavy atom. The Morgan fingerprint density at radius 3 is 2.42 bits per heavy atom. The van der Waals surface area contributed by atoms with Gasteiger partial charge in [0.25, 0.3) is 0 Å². The molecule has 0 bridgehead atoms. The van der Waals surface area contributed by atoms with Crippen LogP contribution in [-0.2, 0) is 16.1 Å². The summed E-state index contributed by atoms with van der Waals surface area (Å²) >= 11 is 1.41. The van der Waals surface area contributed by atoms with Crippen LogP contribution in [0.2, 0.25) is 0 Å². The van der Waals surface area contributed by atoms with Gasteiger partial charge in [0.05, 0.1) is 5.52 Å². The number of thiophene rings is 1. The van der Waals surface area contributed by atoms with Crippen LogP contribution in [0.1, 0.15) is 55.4 Å². The van der Waals surface area contributed by atoms with Gasteiger partial charge < -0.3 is 5.32 Å². The lowest BCUT2D eigenvalue weighted by atomic mass is 10.0. The first-order chi connectivity index (χ1) is 17.2. The first-order valence-electron chi connectivity index (χ1n) is 11.8. The molecule has 4 aromatic rings. The number of aromatic nitrogens is 3. The van der Waals surface area contributed by atoms with Crippen molar-refractivity contribution in [2.75, 3.05) is 4.90 Å². The van der Waals surface area contributed by atoms with E-state index in [9.17, 15) is 14.4 Å². The van der Waals surface area contributed by atoms with Crippen molar-refractivity contribution in [1.82, 2.24) is 20.3 Å². The molecule has 2 aromatic carbocycles. The predicted octanol–water partition coefficient (Wildman–Crippen LogP) is 4.77. The van der Waals surface area contributed by atoms with Gasteiger partial charge in [-0.1, -0.05) is 30.3 Å². The van der Waals surface area contributed by atoms with E-state index in [0.717, 1.165) is 16.8 Å². The van der Waals surface area contributed by atoms with Crippen LogP contribution >= 0.6 is 11.3 Å². The van der Waals surface area contributed by atoms with E-state index in [1.807, 2.05) is 62.5 Å². The molecule has 0 aliphatic carbocycles. The van der Waals surface area contributed by atoms with E-state index in [0.29, 0.717) is 16.8 Å². The molecular formula is C27H29N5O3S. The van der Waals surface area contributed by atoms with Gasteiger partial charge in [-0.25, -0.2) is 4.68 Å². The number of nitrogens with one attached hydrogen (secondary N) is 1. The van der Waals surface area contributed by atoms with Crippen molar-refractivity contribution < 1.29 is 14.4 Å². The molecule has 186 valence electrons. The molecule has 2 heterocycles. The number of anilines is 1. The fraction of sp³-hybridized carbons (Fsp3) is 0.296. The number of hydrogen-bond donors (Lipinski definition) is 1. The fourth-order valence-corrected chi connectivity index (χ4v) is 4.66. The zero-order chi connectivity index (χ0) is 25.9. The number of benzene rings is 2. The number of rotatable bonds is 9. The number of ketones is 1. The minimum atomic E-state index is -0.902. The number of nitrogens with zero attached hydrogens (tertiary/aromatic N) is 4. The van der Waals surface area contributed by atoms with Crippen LogP contribution in [0.25, 0.3) is 11.0 Å². The van der Waals surface area contributed by atoms with Crippen molar-refractivity contribution in [3.8, 4) is 0 Å². The lowest BCUT2D eigenvalue weighted by molar-refractivity contribution is -0.128. The highest BCUT2D eigenvalue weighted by Gasteiger charge is 2.36. The Balaban J connectivity index is 1.79. The molecule has 0 fully saturated rings. The van der Waals surface area contributed by atoms with Crippen LogP contribution in [0.3, 0.4) is 0 Å². The van der Waals surface area contributed by atoms with Gasteiger partial charge in [-0.3, -0.25) is 19.3 Å². The third-order valence-corrected chi connectivity index (χ3v) is 7.12. The second-order valence-electron chi connectivity index (χ2n) is 9.25. The van der Waals surface area contributed by atoms with E-state index in [2.05, 4.69) is 15.6 Å². The molecule has 0 spiro atoms. The summed E-state index contributed by atoms with van der Waals surface area (Å²) in [5.41, 5.74) is 1.99. The smallest absolute Gasteiger partial charge is 0.249 e. The summed E-state index contributed by atoms with van der Waals surface area (Å²) in [7, 11) is 0. The summed E-state index contributed by atoms with van der Waals surface area (Å²) in [5, 5.41) is 13.3. The molecular weight excluding hydrogens is 474 g/mol. The monoisotopic (exact) mass is 503 g/mol. The Hall–Kier alpha value is -3.85. The average molecular weight is 504 g/mol. The van der Waals surface area contributed by atoms with Crippen molar-refractivity contribution in [2.24, 2.45) is 0 Å². The number of para-hydroxylation sites is 1. The van der Waals surface area contributed by atoms with Crippen LogP contribution < -0.4 is 10.2 Å². The van der Waals surface area contributed by atoms with Crippen molar-refractivity contribution in [2.45, 2.75) is 52.2 Å². The number of Topliss-reactive ketones (excluding diaryl/α,β-unsaturated/α-hetero) is 1. The van der Waals surface area contributed by atoms with Crippen LogP contribution in [0.5, 0.6) is 0 Å². The molecule has 1 N–H and O–H groups in total. The molecule has 0 unspecified atom stereocenters. The molecule has 0 saturated carbocycles. The number of carbonyl (C=O) groups is 3. The van der Waals surface area contributed by atoms with Crippen molar-refractivity contribution in [1.29, 1.82) is 0 Å². The lowest BCUT2D eigenvalue weighted by Gasteiger charge is -2.34. The van der Waals surface area contributed by atoms with Crippen LogP contribution in [0.4, 0.5) is 5.69 Å². The maximum absolute atomic E-state index is 13.9. The molecule has 0 saturated heterocycles. The normalized spacial score (nSPS) is 12.3. The molecule has 0 aliphatic rings. The van der Waals surface area contributed by atoms with Gasteiger partial charge in [-0.05, 0) is 75.0 Å². The predicted molar refractivity (Wildman–Crippen MR) is 141 cm³/mol. The second-order valence-corrected chi connectivity index (χ2v) is 10.2. The van der Waals surface area contributed by atoms with Crippen LogP contribution in [0.15, 0.2) is 66.0 Å². The molecule has 8 nitrogen and oxygen atoms in total. The second kappa shape index (κ2) is 10.4. The molecule has 0 aliphatic heterocycles. The van der Waals surface area contributed by atoms with E-state index < -0.39 is 11.6 Å². The number of carbonyl (C=O) groups excluding carboxylic acids is 3. The average Bonchev–Trinajstić information content (AvgIpc) is 3.53. The number of hydrogen-bond acceptors (Lipinski definition) is 6. The Kier molecular flexibility index (Phi) is 7.30. The maximum Gasteiger partial charge on any atom is 0.249 e. The van der Waals surface area contributed by atoms with E-state index in [-0.39, 0.29) is 24.1 Å². The molecule has 4 rings (SSSR count). The molecule has 9 heteroatoms. The first-order valence-corrected chi connectivity index (χ1v) is 12.6. The van der Waals surface area contributed by atoms with Crippen LogP contribution in [-0.4, -0.2) is 38.1 Å². The molecule has 36 heavy (non-hydrogen) atoms. The fourth-order valence-electron chi connectivity index (χ4n) is 3.84. The van der Waals surface area contributed by atoms with Crippen LogP contribution in [0, 0.1) is 0 Å². The highest BCUT2D eigenvalue weighted by molar-refractivity contribution is 7.10. The lowest BCUT2D eigenvalue weighted by Crippen LogP contribution is -2.50. The Labute approximate surface area is 213 Å². The highest BCUT2D eigenvalue weighted by atomic mass is 32.1. The zero-order valence-corrected chi connectivity index (χ0v) is 21.6. The van der Waals surface area contributed by atoms with E-state index in [4.69, 9.17) is 0 Å². The Bertz CT molecular complexity index is 1380. The third-order valence-electron chi connectivity index (χ3n) is 6.19. The standard InChI is InChI=1S/C27H29N5O3S/c1-5-27(3,4)28-26(35)25(23-11-8-16-36-23)32(20-14-12-19(13-15-20)18(2)33)24(34)17-31-22-10-7-6-9-21(22)29-30-31/h6-16,25H,5,17H2,1-4H3,(H,28,35)/t25-/m0/s1. The van der Waals surface area contributed by atoms with E-state index in [1.54, 1.807) is 24.3 Å². The summed E-state index contributed by atoms with van der Waals surface area (Å²) in [4.78, 5) is 41.8. The van der Waals surface area contributed by atoms with Gasteiger partial charge in [0, 0.05) is 21.7 Å². The third kappa shape index (κ3) is 5.36. The van der Waals surface area contributed by atoms with E-state index >= 15 is 0 Å². The Morgan fingerprint density at radius 1 is 1.06 bits per heavy atom. The van der Waals surface area contributed by atoms with E-state index in [1.165, 1.54) is 27.8 Å². The van der Waals surface area contributed by atoms with Gasteiger partial charge in [-0.2, -0.15) is 0 Å². The minimum absolute atomic E-state index is 0.0780. The summed E-state index contributed by atoms with van der Waals surface area (Å²) in [6.07, 6.45) is 0.724. The summed E-state index contributed by atoms with van der Waals surface area (Å²) in [6, 6.07) is 16.9. The van der Waals surface area contributed by atoms with Gasteiger partial charge >= 0.3 is 0 Å². The first kappa shape index (κ1) is 25.2. The number of amides is 2. The van der Waals surface area contributed by atoms with Crippen molar-refractivity contribution >= 4 is 45.7 Å². The molecule has 2 amide bonds. The topological polar surface area (TPSA) is 97.2 Å². The zero-order valence-electron chi connectivity index (χ0n) is 20.8. The molecule has 2 aromatic heterocycles. The van der Waals surface area contributed by atoms with Gasteiger partial charge in [0.1, 0.15) is 18.1 Å². The highest BCUT2D eigenvalue weighted by Crippen LogP contribution is 2.32. The minimum Gasteiger partial charge on any atom is -0.349 e. The molecule has 0 radical (unpaired) electrons. The SMILES string of the molecule is CCC(C)(C)NC(=O)[C@H](c1cccs1)N(C(=O)Cn1nnc2ccccc21)c1ccc(C(C)=O)cc1. The largest absolute Gasteiger partial charge is 0.349 e. The van der Waals surface area contributed by atoms with Gasteiger partial charge in [0.2, 0.25) is 11.8 Å². The molecule has 1 atom stereocenters. The summed E-state index contributed by atoms with van der Waals surface area (Å²) in [6.45, 7) is 7.28. The maximum atomic E-state index is 13.9. The van der Waals surface area contributed by atoms with Crippen molar-refractivity contribution in [3.05, 3.63) is 76.5 Å². The number of fused-ring (bicyclic) bond motifs is 1. The summed E-state index contributed by atoms with van der Waals surface area (Å²) in [5.74, 6) is -0.688. The van der Waals surface area contributed by atoms with Gasteiger partial charge in [0.15, 0.2) is 5.78 Å². The quantitative estimate of drug-likeness (QED) is 0.332. The van der Waals surface area contributed by atoms with Gasteiger partial charge in [-0.15, -0.1) is 16.4 Å². The van der Waals surface area contributed by atoms with Crippen molar-refractivity contribution in [3.63, 3.8) is 0 Å².